The van der Waals surface area contributed by atoms with Crippen molar-refractivity contribution < 1.29 is 4.52 Å². The zero-order valence-electron chi connectivity index (χ0n) is 14.4. The van der Waals surface area contributed by atoms with Gasteiger partial charge in [-0.3, -0.25) is 9.80 Å². The summed E-state index contributed by atoms with van der Waals surface area (Å²) in [5, 5.41) is 3.99. The molecule has 0 amide bonds. The number of rotatable bonds is 5. The van der Waals surface area contributed by atoms with Crippen molar-refractivity contribution in [2.24, 2.45) is 11.8 Å². The minimum absolute atomic E-state index is 0.651. The van der Waals surface area contributed by atoms with Crippen molar-refractivity contribution >= 4 is 5.95 Å². The predicted molar refractivity (Wildman–Crippen MR) is 92.6 cm³/mol. The van der Waals surface area contributed by atoms with E-state index < -0.39 is 0 Å². The molecule has 0 bridgehead atoms. The quantitative estimate of drug-likeness (QED) is 0.833. The molecule has 2 aliphatic heterocycles. The second kappa shape index (κ2) is 6.53. The molecule has 6 nitrogen and oxygen atoms in total. The Morgan fingerprint density at radius 1 is 1.00 bits per heavy atom. The molecule has 1 aromatic heterocycles. The normalized spacial score (nSPS) is 24.4. The van der Waals surface area contributed by atoms with Gasteiger partial charge in [0, 0.05) is 46.8 Å². The monoisotopic (exact) mass is 327 g/mol. The summed E-state index contributed by atoms with van der Waals surface area (Å²) in [6.07, 6.45) is 0. The number of likely N-dealkylation sites (tertiary alicyclic amines) is 2. The molecule has 128 valence electrons. The zero-order valence-corrected chi connectivity index (χ0v) is 14.4. The van der Waals surface area contributed by atoms with Crippen LogP contribution < -0.4 is 4.90 Å². The Labute approximate surface area is 143 Å². The zero-order chi connectivity index (χ0) is 16.5. The van der Waals surface area contributed by atoms with Crippen LogP contribution in [0.2, 0.25) is 0 Å². The molecule has 2 aromatic rings. The first kappa shape index (κ1) is 15.6. The van der Waals surface area contributed by atoms with Crippen LogP contribution in [0, 0.1) is 11.8 Å². The molecule has 0 N–H and O–H groups in total. The summed E-state index contributed by atoms with van der Waals surface area (Å²) < 4.78 is 5.36. The first-order valence-corrected chi connectivity index (χ1v) is 8.66. The molecule has 0 spiro atoms. The molecule has 0 saturated carbocycles. The molecular formula is C18H25N5O. The molecule has 0 unspecified atom stereocenters. The van der Waals surface area contributed by atoms with Crippen molar-refractivity contribution in [3.05, 3.63) is 41.8 Å². The highest BCUT2D eigenvalue weighted by molar-refractivity contribution is 5.23. The molecule has 2 fully saturated rings. The van der Waals surface area contributed by atoms with E-state index in [9.17, 15) is 0 Å². The van der Waals surface area contributed by atoms with Gasteiger partial charge in [-0.25, -0.2) is 0 Å². The van der Waals surface area contributed by atoms with Gasteiger partial charge in [-0.15, -0.1) is 0 Å². The van der Waals surface area contributed by atoms with E-state index in [-0.39, 0.29) is 0 Å². The van der Waals surface area contributed by atoms with Crippen LogP contribution in [0.3, 0.4) is 0 Å². The van der Waals surface area contributed by atoms with E-state index in [1.54, 1.807) is 0 Å². The average Bonchev–Trinajstić information content (AvgIpc) is 3.23. The third-order valence-electron chi connectivity index (χ3n) is 5.10. The first-order valence-electron chi connectivity index (χ1n) is 8.66. The summed E-state index contributed by atoms with van der Waals surface area (Å²) in [5.74, 6) is 2.91. The van der Waals surface area contributed by atoms with E-state index in [0.29, 0.717) is 5.95 Å². The number of hydrogen-bond acceptors (Lipinski definition) is 6. The number of anilines is 1. The molecule has 0 radical (unpaired) electrons. The number of hydrogen-bond donors (Lipinski definition) is 0. The van der Waals surface area contributed by atoms with E-state index in [1.165, 1.54) is 18.7 Å². The van der Waals surface area contributed by atoms with Crippen LogP contribution in [0.1, 0.15) is 11.5 Å². The average molecular weight is 327 g/mol. The van der Waals surface area contributed by atoms with Crippen LogP contribution in [-0.4, -0.2) is 60.2 Å². The largest absolute Gasteiger partial charge is 0.344 e. The van der Waals surface area contributed by atoms with Crippen LogP contribution in [0.5, 0.6) is 0 Å². The number of aromatic nitrogens is 2. The predicted octanol–water partition coefficient (Wildman–Crippen LogP) is 1.70. The van der Waals surface area contributed by atoms with Gasteiger partial charge in [0.25, 0.3) is 5.95 Å². The summed E-state index contributed by atoms with van der Waals surface area (Å²) in [6, 6.07) is 10.8. The molecule has 24 heavy (non-hydrogen) atoms. The highest BCUT2D eigenvalue weighted by Crippen LogP contribution is 2.32. The van der Waals surface area contributed by atoms with Gasteiger partial charge < -0.3 is 9.42 Å². The van der Waals surface area contributed by atoms with Gasteiger partial charge in [-0.1, -0.05) is 30.3 Å². The van der Waals surface area contributed by atoms with E-state index in [1.807, 2.05) is 19.0 Å². The number of fused-ring (bicyclic) bond motifs is 1. The highest BCUT2D eigenvalue weighted by Gasteiger charge is 2.40. The second-order valence-corrected chi connectivity index (χ2v) is 7.28. The van der Waals surface area contributed by atoms with Gasteiger partial charge in [-0.05, 0) is 22.6 Å². The SMILES string of the molecule is CN(C)c1noc(CN2C[C@H]3CN(Cc4ccccc4)C[C@H]3C2)n1. The third-order valence-corrected chi connectivity index (χ3v) is 5.10. The molecule has 2 atom stereocenters. The minimum atomic E-state index is 0.651. The Morgan fingerprint density at radius 2 is 1.62 bits per heavy atom. The van der Waals surface area contributed by atoms with Crippen LogP contribution in [0.4, 0.5) is 5.95 Å². The lowest BCUT2D eigenvalue weighted by atomic mass is 10.0. The Morgan fingerprint density at radius 3 is 2.21 bits per heavy atom. The fourth-order valence-electron chi connectivity index (χ4n) is 3.97. The fourth-order valence-corrected chi connectivity index (χ4v) is 3.97. The third kappa shape index (κ3) is 3.30. The highest BCUT2D eigenvalue weighted by atomic mass is 16.5. The van der Waals surface area contributed by atoms with Gasteiger partial charge in [0.05, 0.1) is 6.54 Å². The Hall–Kier alpha value is -1.92. The first-order chi connectivity index (χ1) is 11.7. The van der Waals surface area contributed by atoms with Gasteiger partial charge in [0.15, 0.2) is 0 Å². The van der Waals surface area contributed by atoms with Crippen molar-refractivity contribution in [3.8, 4) is 0 Å². The van der Waals surface area contributed by atoms with Gasteiger partial charge in [0.1, 0.15) is 0 Å². The lowest BCUT2D eigenvalue weighted by molar-refractivity contribution is 0.223. The summed E-state index contributed by atoms with van der Waals surface area (Å²) in [5.41, 5.74) is 1.41. The maximum absolute atomic E-state index is 5.36. The summed E-state index contributed by atoms with van der Waals surface area (Å²) in [7, 11) is 3.85. The van der Waals surface area contributed by atoms with Crippen molar-refractivity contribution in [2.45, 2.75) is 13.1 Å². The molecule has 0 aliphatic carbocycles. The fraction of sp³-hybridized carbons (Fsp3) is 0.556. The van der Waals surface area contributed by atoms with Crippen molar-refractivity contribution in [3.63, 3.8) is 0 Å². The van der Waals surface area contributed by atoms with Crippen LogP contribution in [0.25, 0.3) is 0 Å². The van der Waals surface area contributed by atoms with E-state index in [4.69, 9.17) is 4.52 Å². The lowest BCUT2D eigenvalue weighted by Crippen LogP contribution is -2.28. The van der Waals surface area contributed by atoms with Gasteiger partial charge in [0.2, 0.25) is 5.89 Å². The molecular weight excluding hydrogens is 302 g/mol. The molecule has 4 rings (SSSR count). The van der Waals surface area contributed by atoms with Crippen molar-refractivity contribution in [1.82, 2.24) is 19.9 Å². The number of benzene rings is 1. The van der Waals surface area contributed by atoms with Crippen LogP contribution in [0.15, 0.2) is 34.9 Å². The maximum atomic E-state index is 5.36. The van der Waals surface area contributed by atoms with Gasteiger partial charge in [-0.2, -0.15) is 4.98 Å². The smallest absolute Gasteiger partial charge is 0.265 e. The summed E-state index contributed by atoms with van der Waals surface area (Å²) in [6.45, 7) is 6.51. The summed E-state index contributed by atoms with van der Waals surface area (Å²) >= 11 is 0. The maximum Gasteiger partial charge on any atom is 0.265 e. The van der Waals surface area contributed by atoms with Crippen molar-refractivity contribution in [1.29, 1.82) is 0 Å². The lowest BCUT2D eigenvalue weighted by Gasteiger charge is -2.20. The van der Waals surface area contributed by atoms with Crippen LogP contribution >= 0.6 is 0 Å². The Bertz CT molecular complexity index is 657. The van der Waals surface area contributed by atoms with E-state index in [0.717, 1.165) is 43.9 Å². The van der Waals surface area contributed by atoms with Gasteiger partial charge >= 0.3 is 0 Å². The molecule has 2 aliphatic rings. The second-order valence-electron chi connectivity index (χ2n) is 7.28. The standard InChI is InChI=1S/C18H25N5O/c1-21(2)18-19-17(24-20-18)13-23-11-15-9-22(10-16(15)12-23)8-14-6-4-3-5-7-14/h3-7,15-16H,8-13H2,1-2H3/t15-,16+. The Kier molecular flexibility index (Phi) is 4.24. The summed E-state index contributed by atoms with van der Waals surface area (Å²) in [4.78, 5) is 11.4. The number of nitrogens with zero attached hydrogens (tertiary/aromatic N) is 5. The van der Waals surface area contributed by atoms with Crippen molar-refractivity contribution in [2.75, 3.05) is 45.2 Å². The minimum Gasteiger partial charge on any atom is -0.344 e. The van der Waals surface area contributed by atoms with Crippen LogP contribution in [-0.2, 0) is 13.1 Å². The Balaban J connectivity index is 1.29. The molecule has 3 heterocycles. The van der Waals surface area contributed by atoms with E-state index in [2.05, 4.69) is 50.3 Å². The molecule has 6 heteroatoms. The molecule has 1 aromatic carbocycles. The topological polar surface area (TPSA) is 48.6 Å². The van der Waals surface area contributed by atoms with E-state index >= 15 is 0 Å². The molecule has 2 saturated heterocycles.